The third-order valence-corrected chi connectivity index (χ3v) is 1.93. The number of rotatable bonds is 2. The Labute approximate surface area is 68.8 Å². The first-order valence-electron chi connectivity index (χ1n) is 3.06. The van der Waals surface area contributed by atoms with Crippen molar-refractivity contribution < 1.29 is 9.53 Å². The van der Waals surface area contributed by atoms with Crippen LogP contribution < -0.4 is 4.72 Å². The van der Waals surface area contributed by atoms with Gasteiger partial charge >= 0.3 is 0 Å². The average molecular weight is 179 g/mol. The number of hydrogen-bond donors (Lipinski definition) is 2. The Morgan fingerprint density at radius 3 is 3.10 bits per heavy atom. The highest BCUT2D eigenvalue weighted by atomic mass is 33.1. The van der Waals surface area contributed by atoms with Gasteiger partial charge in [-0.25, -0.2) is 0 Å². The van der Waals surface area contributed by atoms with Crippen molar-refractivity contribution in [2.24, 2.45) is 0 Å². The first-order valence-corrected chi connectivity index (χ1v) is 4.93. The maximum atomic E-state index is 10.9. The number of amides is 1. The van der Waals surface area contributed by atoms with E-state index in [1.54, 1.807) is 0 Å². The minimum absolute atomic E-state index is 0.0718. The highest BCUT2D eigenvalue weighted by Crippen LogP contribution is 2.13. The minimum Gasteiger partial charge on any atom is -0.368 e. The van der Waals surface area contributed by atoms with Crippen LogP contribution in [0.4, 0.5) is 0 Å². The molecule has 1 amide bonds. The van der Waals surface area contributed by atoms with Gasteiger partial charge in [0.15, 0.2) is 0 Å². The van der Waals surface area contributed by atoms with E-state index in [2.05, 4.69) is 16.4 Å². The molecule has 1 aliphatic heterocycles. The number of nitrogens with one attached hydrogen (secondary N) is 1. The fourth-order valence-corrected chi connectivity index (χ4v) is 1.39. The van der Waals surface area contributed by atoms with Crippen molar-refractivity contribution in [3.8, 4) is 0 Å². The smallest absolute Gasteiger partial charge is 0.259 e. The summed E-state index contributed by atoms with van der Waals surface area (Å²) in [5.74, 6) is -0.0718. The molecule has 0 aromatic heterocycles. The van der Waals surface area contributed by atoms with E-state index in [1.807, 2.05) is 0 Å². The van der Waals surface area contributed by atoms with Gasteiger partial charge in [-0.15, -0.1) is 0 Å². The van der Waals surface area contributed by atoms with Crippen molar-refractivity contribution in [3.63, 3.8) is 0 Å². The Kier molecular flexibility index (Phi) is 3.37. The molecule has 5 heteroatoms. The molecule has 1 N–H and O–H groups in total. The SMILES string of the molecule is O=C(NSS)C1CCCO1. The van der Waals surface area contributed by atoms with Gasteiger partial charge < -0.3 is 4.74 Å². The highest BCUT2D eigenvalue weighted by molar-refractivity contribution is 8.68. The molecule has 0 saturated carbocycles. The lowest BCUT2D eigenvalue weighted by Gasteiger charge is -2.06. The molecule has 1 unspecified atom stereocenters. The topological polar surface area (TPSA) is 38.3 Å². The Bertz CT molecular complexity index is 125. The molecule has 0 aliphatic carbocycles. The lowest BCUT2D eigenvalue weighted by atomic mass is 10.2. The Morgan fingerprint density at radius 2 is 2.60 bits per heavy atom. The lowest BCUT2D eigenvalue weighted by Crippen LogP contribution is -2.28. The molecule has 1 heterocycles. The molecule has 0 aromatic carbocycles. The van der Waals surface area contributed by atoms with E-state index in [9.17, 15) is 4.79 Å². The molecule has 1 fully saturated rings. The molecular weight excluding hydrogens is 170 g/mol. The van der Waals surface area contributed by atoms with Crippen molar-refractivity contribution in [1.29, 1.82) is 0 Å². The van der Waals surface area contributed by atoms with Crippen LogP contribution in [0.25, 0.3) is 0 Å². The number of thiol groups is 1. The molecule has 10 heavy (non-hydrogen) atoms. The average Bonchev–Trinajstić information content (AvgIpc) is 2.38. The zero-order valence-corrected chi connectivity index (χ0v) is 7.08. The van der Waals surface area contributed by atoms with E-state index in [4.69, 9.17) is 4.74 Å². The third kappa shape index (κ3) is 2.07. The Hall–Kier alpha value is 0.130. The maximum absolute atomic E-state index is 10.9. The molecule has 1 rings (SSSR count). The van der Waals surface area contributed by atoms with Crippen molar-refractivity contribution in [3.05, 3.63) is 0 Å². The van der Waals surface area contributed by atoms with Crippen molar-refractivity contribution >= 4 is 28.5 Å². The summed E-state index contributed by atoms with van der Waals surface area (Å²) in [6.07, 6.45) is 1.58. The zero-order valence-electron chi connectivity index (χ0n) is 5.37. The van der Waals surface area contributed by atoms with E-state index in [0.717, 1.165) is 23.8 Å². The summed E-state index contributed by atoms with van der Waals surface area (Å²) in [6.45, 7) is 0.704. The van der Waals surface area contributed by atoms with Gasteiger partial charge in [0.05, 0.1) is 0 Å². The second kappa shape index (κ2) is 4.10. The Morgan fingerprint density at radius 1 is 1.80 bits per heavy atom. The van der Waals surface area contributed by atoms with Gasteiger partial charge in [-0.1, -0.05) is 11.7 Å². The van der Waals surface area contributed by atoms with Crippen LogP contribution in [0.1, 0.15) is 12.8 Å². The lowest BCUT2D eigenvalue weighted by molar-refractivity contribution is -0.127. The monoisotopic (exact) mass is 179 g/mol. The first-order chi connectivity index (χ1) is 4.84. The Balaban J connectivity index is 2.25. The van der Waals surface area contributed by atoms with Crippen molar-refractivity contribution in [2.75, 3.05) is 6.61 Å². The summed E-state index contributed by atoms with van der Waals surface area (Å²) >= 11 is 3.78. The normalized spacial score (nSPS) is 24.7. The predicted octanol–water partition coefficient (Wildman–Crippen LogP) is 0.775. The van der Waals surface area contributed by atoms with E-state index >= 15 is 0 Å². The maximum Gasteiger partial charge on any atom is 0.259 e. The summed E-state index contributed by atoms with van der Waals surface area (Å²) in [7, 11) is 1.01. The van der Waals surface area contributed by atoms with Gasteiger partial charge in [-0.3, -0.25) is 9.52 Å². The standard InChI is InChI=1S/C5H9NO2S2/c7-5(6-10-9)4-2-1-3-8-4/h4,9H,1-3H2,(H,6,7). The highest BCUT2D eigenvalue weighted by Gasteiger charge is 2.22. The quantitative estimate of drug-likeness (QED) is 0.374. The summed E-state index contributed by atoms with van der Waals surface area (Å²) < 4.78 is 7.61. The van der Waals surface area contributed by atoms with E-state index in [0.29, 0.717) is 6.61 Å². The second-order valence-electron chi connectivity index (χ2n) is 2.06. The van der Waals surface area contributed by atoms with Crippen molar-refractivity contribution in [2.45, 2.75) is 18.9 Å². The predicted molar refractivity (Wildman–Crippen MR) is 43.7 cm³/mol. The summed E-state index contributed by atoms with van der Waals surface area (Å²) in [6, 6.07) is 0. The number of hydrogen-bond acceptors (Lipinski definition) is 4. The van der Waals surface area contributed by atoms with Crippen LogP contribution in [-0.2, 0) is 9.53 Å². The molecule has 58 valence electrons. The van der Waals surface area contributed by atoms with E-state index in [1.165, 1.54) is 0 Å². The van der Waals surface area contributed by atoms with Crippen LogP contribution >= 0.6 is 22.6 Å². The van der Waals surface area contributed by atoms with Gasteiger partial charge in [0.1, 0.15) is 6.10 Å². The van der Waals surface area contributed by atoms with Gasteiger partial charge in [-0.2, -0.15) is 0 Å². The number of carbonyl (C=O) groups is 1. The van der Waals surface area contributed by atoms with E-state index in [-0.39, 0.29) is 12.0 Å². The molecule has 0 aromatic rings. The minimum atomic E-state index is -0.236. The molecular formula is C5H9NO2S2. The largest absolute Gasteiger partial charge is 0.368 e. The summed E-state index contributed by atoms with van der Waals surface area (Å²) in [4.78, 5) is 10.9. The summed E-state index contributed by atoms with van der Waals surface area (Å²) in [5, 5.41) is 0. The van der Waals surface area contributed by atoms with Crippen LogP contribution in [0.2, 0.25) is 0 Å². The number of carbonyl (C=O) groups excluding carboxylic acids is 1. The first kappa shape index (κ1) is 8.23. The van der Waals surface area contributed by atoms with Gasteiger partial charge in [0, 0.05) is 17.6 Å². The zero-order chi connectivity index (χ0) is 7.40. The summed E-state index contributed by atoms with van der Waals surface area (Å²) in [5.41, 5.74) is 0. The van der Waals surface area contributed by atoms with Crippen LogP contribution in [0.3, 0.4) is 0 Å². The van der Waals surface area contributed by atoms with Gasteiger partial charge in [0.25, 0.3) is 5.91 Å². The molecule has 1 aliphatic rings. The number of ether oxygens (including phenoxy) is 1. The molecule has 0 radical (unpaired) electrons. The van der Waals surface area contributed by atoms with E-state index < -0.39 is 0 Å². The molecule has 3 nitrogen and oxygen atoms in total. The van der Waals surface area contributed by atoms with Crippen LogP contribution in [0.15, 0.2) is 0 Å². The van der Waals surface area contributed by atoms with Crippen molar-refractivity contribution in [1.82, 2.24) is 4.72 Å². The van der Waals surface area contributed by atoms with Crippen LogP contribution in [0.5, 0.6) is 0 Å². The molecule has 1 saturated heterocycles. The fraction of sp³-hybridized carbons (Fsp3) is 0.800. The fourth-order valence-electron chi connectivity index (χ4n) is 0.895. The van der Waals surface area contributed by atoms with Crippen LogP contribution in [0, 0.1) is 0 Å². The second-order valence-corrected chi connectivity index (χ2v) is 2.99. The van der Waals surface area contributed by atoms with Crippen LogP contribution in [-0.4, -0.2) is 18.6 Å². The molecule has 1 atom stereocenters. The van der Waals surface area contributed by atoms with Gasteiger partial charge in [-0.05, 0) is 12.8 Å². The third-order valence-electron chi connectivity index (χ3n) is 1.37. The molecule has 0 bridgehead atoms. The molecule has 0 spiro atoms. The van der Waals surface area contributed by atoms with Gasteiger partial charge in [0.2, 0.25) is 0 Å².